The number of aliphatic carboxylic acids is 1. The first-order valence-corrected chi connectivity index (χ1v) is 13.1. The summed E-state index contributed by atoms with van der Waals surface area (Å²) in [4.78, 5) is 38.7. The summed E-state index contributed by atoms with van der Waals surface area (Å²) in [5.74, 6) is 0.382. The molecule has 36 heavy (non-hydrogen) atoms. The predicted octanol–water partition coefficient (Wildman–Crippen LogP) is 5.20. The number of rotatable bonds is 7. The van der Waals surface area contributed by atoms with Crippen molar-refractivity contribution in [2.75, 3.05) is 0 Å². The molecule has 2 heterocycles. The van der Waals surface area contributed by atoms with Crippen LogP contribution in [0.1, 0.15) is 57.3 Å². The van der Waals surface area contributed by atoms with Crippen molar-refractivity contribution < 1.29 is 14.7 Å². The average molecular weight is 507 g/mol. The summed E-state index contributed by atoms with van der Waals surface area (Å²) in [6.07, 6.45) is 7.24. The minimum absolute atomic E-state index is 0.00878. The van der Waals surface area contributed by atoms with Crippen LogP contribution in [-0.4, -0.2) is 48.5 Å². The number of hydrogen-bond acceptors (Lipinski definition) is 5. The average Bonchev–Trinajstić information content (AvgIpc) is 3.23. The Bertz CT molecular complexity index is 1320. The van der Waals surface area contributed by atoms with Gasteiger partial charge in [-0.15, -0.1) is 11.6 Å². The van der Waals surface area contributed by atoms with Crippen molar-refractivity contribution >= 4 is 40.2 Å². The van der Waals surface area contributed by atoms with Crippen molar-refractivity contribution in [2.24, 2.45) is 16.3 Å². The van der Waals surface area contributed by atoms with Crippen LogP contribution in [0.25, 0.3) is 16.9 Å². The quantitative estimate of drug-likeness (QED) is 0.444. The Labute approximate surface area is 215 Å². The Balaban J connectivity index is 1.42. The highest BCUT2D eigenvalue weighted by molar-refractivity contribution is 6.54. The number of carboxylic acids is 1. The Morgan fingerprint density at radius 3 is 2.56 bits per heavy atom. The van der Waals surface area contributed by atoms with E-state index in [1.54, 1.807) is 6.20 Å². The summed E-state index contributed by atoms with van der Waals surface area (Å²) in [5, 5.41) is 9.13. The van der Waals surface area contributed by atoms with Gasteiger partial charge in [0.05, 0.1) is 11.1 Å². The lowest BCUT2D eigenvalue weighted by Gasteiger charge is -2.47. The minimum atomic E-state index is -1.01. The molecule has 8 heteroatoms. The third-order valence-corrected chi connectivity index (χ3v) is 7.82. The Morgan fingerprint density at radius 2 is 1.89 bits per heavy atom. The first kappa shape index (κ1) is 24.6. The van der Waals surface area contributed by atoms with E-state index in [1.807, 2.05) is 36.4 Å². The van der Waals surface area contributed by atoms with Gasteiger partial charge in [-0.3, -0.25) is 14.4 Å². The van der Waals surface area contributed by atoms with Crippen LogP contribution in [0, 0.1) is 11.3 Å². The van der Waals surface area contributed by atoms with Gasteiger partial charge in [-0.05, 0) is 48.6 Å². The molecule has 188 valence electrons. The maximum atomic E-state index is 12.6. The third-order valence-electron chi connectivity index (χ3n) is 7.42. The monoisotopic (exact) mass is 506 g/mol. The molecule has 0 amide bonds. The molecule has 1 aromatic carbocycles. The molecule has 0 radical (unpaired) electrons. The van der Waals surface area contributed by atoms with Crippen LogP contribution < -0.4 is 0 Å². The molecule has 2 aliphatic rings. The number of hydrogen-bond donors (Lipinski definition) is 1. The van der Waals surface area contributed by atoms with Gasteiger partial charge >= 0.3 is 5.97 Å². The highest BCUT2D eigenvalue weighted by atomic mass is 35.5. The Hall–Kier alpha value is -3.06. The number of nitrogens with zero attached hydrogens (tertiary/aromatic N) is 4. The van der Waals surface area contributed by atoms with E-state index >= 15 is 0 Å². The molecule has 0 saturated heterocycles. The molecule has 5 rings (SSSR count). The molecule has 2 aromatic heterocycles. The van der Waals surface area contributed by atoms with E-state index in [0.717, 1.165) is 66.8 Å². The van der Waals surface area contributed by atoms with Crippen molar-refractivity contribution in [3.8, 4) is 5.69 Å². The summed E-state index contributed by atoms with van der Waals surface area (Å²) >= 11 is 6.33. The minimum Gasteiger partial charge on any atom is -0.480 e. The SMILES string of the molecule is CC(C)Cc1nc2cccnc2n1-c1ccc(C[C@H](N=C2C(Cl)C(=O)C23CCCCC3)C(=O)O)cc1. The second-order valence-electron chi connectivity index (χ2n) is 10.4. The van der Waals surface area contributed by atoms with Crippen LogP contribution in [0.5, 0.6) is 0 Å². The lowest BCUT2D eigenvalue weighted by Crippen LogP contribution is -2.61. The topological polar surface area (TPSA) is 97.4 Å². The molecule has 7 nitrogen and oxygen atoms in total. The summed E-state index contributed by atoms with van der Waals surface area (Å²) in [5.41, 5.74) is 3.38. The zero-order chi connectivity index (χ0) is 25.4. The number of alkyl halides is 1. The van der Waals surface area contributed by atoms with Gasteiger partial charge in [0.2, 0.25) is 0 Å². The molecule has 0 bridgehead atoms. The van der Waals surface area contributed by atoms with Crippen LogP contribution in [-0.2, 0) is 22.4 Å². The predicted molar refractivity (Wildman–Crippen MR) is 140 cm³/mol. The van der Waals surface area contributed by atoms with Crippen molar-refractivity contribution in [3.05, 3.63) is 54.0 Å². The van der Waals surface area contributed by atoms with Crippen molar-refractivity contribution in [2.45, 2.75) is 70.2 Å². The number of fused-ring (bicyclic) bond motifs is 1. The number of aromatic nitrogens is 3. The Kier molecular flexibility index (Phi) is 6.68. The number of pyridine rings is 1. The summed E-state index contributed by atoms with van der Waals surface area (Å²) in [7, 11) is 0. The van der Waals surface area contributed by atoms with Crippen molar-refractivity contribution in [1.82, 2.24) is 14.5 Å². The second-order valence-corrected chi connectivity index (χ2v) is 10.9. The number of ketones is 1. The number of aliphatic imine (C=N–C) groups is 1. The third kappa shape index (κ3) is 4.34. The molecule has 3 aromatic rings. The first-order valence-electron chi connectivity index (χ1n) is 12.7. The number of carbonyl (C=O) groups is 2. The number of benzene rings is 1. The molecule has 2 saturated carbocycles. The van der Waals surface area contributed by atoms with Gasteiger partial charge in [0, 0.05) is 24.7 Å². The molecular formula is C28H31ClN4O3. The Morgan fingerprint density at radius 1 is 1.17 bits per heavy atom. The van der Waals surface area contributed by atoms with E-state index in [-0.39, 0.29) is 12.2 Å². The van der Waals surface area contributed by atoms with Crippen LogP contribution in [0.4, 0.5) is 0 Å². The largest absolute Gasteiger partial charge is 0.480 e. The first-order chi connectivity index (χ1) is 17.3. The van der Waals surface area contributed by atoms with E-state index in [0.29, 0.717) is 11.6 Å². The van der Waals surface area contributed by atoms with Crippen molar-refractivity contribution in [3.63, 3.8) is 0 Å². The lowest BCUT2D eigenvalue weighted by molar-refractivity contribution is -0.138. The highest BCUT2D eigenvalue weighted by Gasteiger charge is 2.58. The number of carboxylic acid groups (broad SMARTS) is 1. The van der Waals surface area contributed by atoms with Crippen LogP contribution in [0.3, 0.4) is 0 Å². The van der Waals surface area contributed by atoms with Crippen LogP contribution in [0.2, 0.25) is 0 Å². The van der Waals surface area contributed by atoms with Crippen molar-refractivity contribution in [1.29, 1.82) is 0 Å². The van der Waals surface area contributed by atoms with E-state index < -0.39 is 22.8 Å². The van der Waals surface area contributed by atoms with Gasteiger partial charge in [0.15, 0.2) is 17.5 Å². The van der Waals surface area contributed by atoms with E-state index in [4.69, 9.17) is 16.6 Å². The number of carbonyl (C=O) groups excluding carboxylic acids is 1. The molecule has 2 atom stereocenters. The smallest absolute Gasteiger partial charge is 0.328 e. The number of halogens is 1. The second kappa shape index (κ2) is 9.77. The molecule has 2 aliphatic carbocycles. The fourth-order valence-corrected chi connectivity index (χ4v) is 6.07. The van der Waals surface area contributed by atoms with Gasteiger partial charge in [-0.2, -0.15) is 0 Å². The van der Waals surface area contributed by atoms with E-state index in [2.05, 4.69) is 28.4 Å². The zero-order valence-electron chi connectivity index (χ0n) is 20.7. The lowest BCUT2D eigenvalue weighted by atomic mass is 9.58. The fourth-order valence-electron chi connectivity index (χ4n) is 5.60. The standard InChI is InChI=1S/C28H31ClN4O3/c1-17(2)15-22-31-20-7-6-14-30-26(20)33(22)19-10-8-18(9-11-19)16-21(27(35)36)32-24-23(29)25(34)28(24)12-4-3-5-13-28/h6-11,14,17,21,23H,3-5,12-13,15-16H2,1-2H3,(H,35,36)/t21-,23?/m0/s1. The maximum absolute atomic E-state index is 12.6. The van der Waals surface area contributed by atoms with Crippen LogP contribution >= 0.6 is 11.6 Å². The van der Waals surface area contributed by atoms with E-state index in [1.165, 1.54) is 0 Å². The van der Waals surface area contributed by atoms with Gasteiger partial charge < -0.3 is 5.11 Å². The summed E-state index contributed by atoms with van der Waals surface area (Å²) in [6, 6.07) is 10.7. The number of imidazole rings is 1. The number of Topliss-reactive ketones (excluding diaryl/α,β-unsaturated/α-hetero) is 1. The van der Waals surface area contributed by atoms with Gasteiger partial charge in [-0.25, -0.2) is 14.8 Å². The molecular weight excluding hydrogens is 476 g/mol. The maximum Gasteiger partial charge on any atom is 0.328 e. The fraction of sp³-hybridized carbons (Fsp3) is 0.464. The molecule has 1 unspecified atom stereocenters. The summed E-state index contributed by atoms with van der Waals surface area (Å²) in [6.45, 7) is 4.32. The highest BCUT2D eigenvalue weighted by Crippen LogP contribution is 2.49. The van der Waals surface area contributed by atoms with Crippen LogP contribution in [0.15, 0.2) is 47.6 Å². The van der Waals surface area contributed by atoms with Gasteiger partial charge in [0.1, 0.15) is 16.7 Å². The van der Waals surface area contributed by atoms with Gasteiger partial charge in [0.25, 0.3) is 0 Å². The molecule has 1 spiro atoms. The summed E-state index contributed by atoms with van der Waals surface area (Å²) < 4.78 is 2.07. The molecule has 2 fully saturated rings. The zero-order valence-corrected chi connectivity index (χ0v) is 21.4. The van der Waals surface area contributed by atoms with Gasteiger partial charge in [-0.1, -0.05) is 45.2 Å². The normalized spacial score (nSPS) is 21.3. The molecule has 1 N–H and O–H groups in total. The molecule has 0 aliphatic heterocycles. The van der Waals surface area contributed by atoms with E-state index in [9.17, 15) is 14.7 Å².